The maximum atomic E-state index is 13.0. The molecule has 0 saturated carbocycles. The Bertz CT molecular complexity index is 705. The van der Waals surface area contributed by atoms with Crippen molar-refractivity contribution in [3.8, 4) is 0 Å². The van der Waals surface area contributed by atoms with E-state index in [0.29, 0.717) is 13.0 Å². The molecule has 5 heteroatoms. The van der Waals surface area contributed by atoms with Gasteiger partial charge in [0.1, 0.15) is 12.1 Å². The molecule has 0 bridgehead atoms. The number of hydrogen-bond donors (Lipinski definition) is 0. The zero-order valence-corrected chi connectivity index (χ0v) is 18.4. The summed E-state index contributed by atoms with van der Waals surface area (Å²) in [6.07, 6.45) is 3.53. The van der Waals surface area contributed by atoms with Gasteiger partial charge in [0.15, 0.2) is 0 Å². The van der Waals surface area contributed by atoms with Gasteiger partial charge in [-0.3, -0.25) is 9.59 Å². The van der Waals surface area contributed by atoms with Crippen molar-refractivity contribution in [2.45, 2.75) is 78.9 Å². The van der Waals surface area contributed by atoms with Crippen molar-refractivity contribution in [3.05, 3.63) is 35.9 Å². The number of benzene rings is 1. The molecule has 0 aromatic heterocycles. The number of ether oxygens (including phenoxy) is 1. The summed E-state index contributed by atoms with van der Waals surface area (Å²) in [7, 11) is 0. The Kier molecular flexibility index (Phi) is 8.00. The van der Waals surface area contributed by atoms with E-state index >= 15 is 0 Å². The molecule has 2 rings (SSSR count). The van der Waals surface area contributed by atoms with Crippen LogP contribution in [0.1, 0.15) is 65.9 Å². The third-order valence-corrected chi connectivity index (χ3v) is 5.48. The second-order valence-corrected chi connectivity index (χ2v) is 9.33. The molecule has 0 unspecified atom stereocenters. The Labute approximate surface area is 174 Å². The molecular formula is C24H35NO4. The lowest BCUT2D eigenvalue weighted by Gasteiger charge is -2.36. The smallest absolute Gasteiger partial charge is 0.329 e. The summed E-state index contributed by atoms with van der Waals surface area (Å²) >= 11 is 0. The second kappa shape index (κ2) is 10.0. The van der Waals surface area contributed by atoms with Crippen LogP contribution in [0.3, 0.4) is 0 Å². The summed E-state index contributed by atoms with van der Waals surface area (Å²) in [4.78, 5) is 39.7. The van der Waals surface area contributed by atoms with Crippen molar-refractivity contribution in [1.29, 1.82) is 0 Å². The van der Waals surface area contributed by atoms with Gasteiger partial charge in [-0.2, -0.15) is 0 Å². The number of rotatable bonds is 7. The topological polar surface area (TPSA) is 63.7 Å². The van der Waals surface area contributed by atoms with E-state index in [4.69, 9.17) is 4.74 Å². The molecule has 29 heavy (non-hydrogen) atoms. The molecule has 1 aliphatic rings. The van der Waals surface area contributed by atoms with E-state index < -0.39 is 23.1 Å². The minimum atomic E-state index is -0.765. The number of piperidine rings is 1. The number of carbonyl (C=O) groups is 3. The maximum absolute atomic E-state index is 13.0. The van der Waals surface area contributed by atoms with Crippen LogP contribution in [0, 0.1) is 11.3 Å². The van der Waals surface area contributed by atoms with Gasteiger partial charge < -0.3 is 9.64 Å². The molecule has 2 atom stereocenters. The van der Waals surface area contributed by atoms with Gasteiger partial charge >= 0.3 is 5.97 Å². The number of ketones is 1. The summed E-state index contributed by atoms with van der Waals surface area (Å²) in [5.41, 5.74) is 0.443. The summed E-state index contributed by atoms with van der Waals surface area (Å²) in [5.74, 6) is -1.23. The molecule has 0 spiro atoms. The molecule has 0 radical (unpaired) electrons. The molecule has 1 amide bonds. The Hall–Kier alpha value is -2.17. The zero-order valence-electron chi connectivity index (χ0n) is 18.4. The van der Waals surface area contributed by atoms with Gasteiger partial charge in [-0.1, -0.05) is 65.0 Å². The minimum absolute atomic E-state index is 0.173. The van der Waals surface area contributed by atoms with Gasteiger partial charge in [-0.05, 0) is 43.6 Å². The first-order chi connectivity index (χ1) is 13.6. The number of nitrogens with zero attached hydrogens (tertiary/aromatic N) is 1. The predicted octanol–water partition coefficient (Wildman–Crippen LogP) is 4.18. The van der Waals surface area contributed by atoms with Gasteiger partial charge in [0.25, 0.3) is 5.91 Å². The summed E-state index contributed by atoms with van der Waals surface area (Å²) in [6, 6.07) is 9.46. The van der Waals surface area contributed by atoms with Crippen LogP contribution in [-0.2, 0) is 25.5 Å². The van der Waals surface area contributed by atoms with E-state index in [9.17, 15) is 14.4 Å². The number of aryl methyl sites for hydroxylation is 1. The maximum Gasteiger partial charge on any atom is 0.329 e. The van der Waals surface area contributed by atoms with Crippen molar-refractivity contribution in [3.63, 3.8) is 0 Å². The molecule has 1 saturated heterocycles. The summed E-state index contributed by atoms with van der Waals surface area (Å²) < 4.78 is 5.87. The molecule has 0 N–H and O–H groups in total. The molecule has 0 aliphatic carbocycles. The third kappa shape index (κ3) is 6.41. The Morgan fingerprint density at radius 3 is 2.34 bits per heavy atom. The lowest BCUT2D eigenvalue weighted by Crippen LogP contribution is -2.53. The zero-order chi connectivity index (χ0) is 21.6. The lowest BCUT2D eigenvalue weighted by molar-refractivity contribution is -0.165. The summed E-state index contributed by atoms with van der Waals surface area (Å²) in [6.45, 7) is 9.68. The van der Waals surface area contributed by atoms with Gasteiger partial charge in [0.2, 0.25) is 5.78 Å². The van der Waals surface area contributed by atoms with Crippen LogP contribution in [0.2, 0.25) is 0 Å². The highest BCUT2D eigenvalue weighted by atomic mass is 16.5. The fourth-order valence-corrected chi connectivity index (χ4v) is 3.58. The number of carbonyl (C=O) groups excluding carboxylic acids is 3. The molecule has 1 aliphatic heterocycles. The Balaban J connectivity index is 2.06. The number of amides is 1. The molecule has 1 aromatic carbocycles. The van der Waals surface area contributed by atoms with Gasteiger partial charge in [0, 0.05) is 12.0 Å². The number of Topliss-reactive ketones (excluding diaryl/α,β-unsaturated/α-hetero) is 1. The third-order valence-electron chi connectivity index (χ3n) is 5.48. The highest BCUT2D eigenvalue weighted by molar-refractivity contribution is 6.38. The molecule has 1 heterocycles. The number of likely N-dealkylation sites (tertiary alicyclic amines) is 1. The van der Waals surface area contributed by atoms with Crippen molar-refractivity contribution in [2.24, 2.45) is 11.3 Å². The Morgan fingerprint density at radius 2 is 1.76 bits per heavy atom. The molecule has 1 fully saturated rings. The van der Waals surface area contributed by atoms with Crippen LogP contribution < -0.4 is 0 Å². The van der Waals surface area contributed by atoms with Crippen molar-refractivity contribution in [2.75, 3.05) is 6.54 Å². The molecule has 1 aromatic rings. The average Bonchev–Trinajstić information content (AvgIpc) is 2.69. The molecular weight excluding hydrogens is 366 g/mol. The second-order valence-electron chi connectivity index (χ2n) is 9.33. The standard InChI is InChI=1S/C24H35NO4/c1-17(2)20(15-14-18-11-7-6-8-12-18)29-23(28)19-13-9-10-16-25(19)22(27)21(26)24(3,4)5/h6-8,11-12,17,19-20H,9-10,13-16H2,1-5H3/t19-,20+/m0/s1. The first-order valence-corrected chi connectivity index (χ1v) is 10.7. The Morgan fingerprint density at radius 1 is 1.10 bits per heavy atom. The molecule has 160 valence electrons. The highest BCUT2D eigenvalue weighted by Crippen LogP contribution is 2.24. The quantitative estimate of drug-likeness (QED) is 0.508. The summed E-state index contributed by atoms with van der Waals surface area (Å²) in [5, 5.41) is 0. The van der Waals surface area contributed by atoms with E-state index in [-0.39, 0.29) is 18.0 Å². The first kappa shape index (κ1) is 23.1. The normalized spacial score (nSPS) is 18.4. The van der Waals surface area contributed by atoms with Crippen molar-refractivity contribution in [1.82, 2.24) is 4.90 Å². The predicted molar refractivity (Wildman–Crippen MR) is 113 cm³/mol. The SMILES string of the molecule is CC(C)[C@@H](CCc1ccccc1)OC(=O)[C@@H]1CCCCN1C(=O)C(=O)C(C)(C)C. The lowest BCUT2D eigenvalue weighted by atomic mass is 9.89. The minimum Gasteiger partial charge on any atom is -0.461 e. The average molecular weight is 402 g/mol. The van der Waals surface area contributed by atoms with E-state index in [2.05, 4.69) is 12.1 Å². The fourth-order valence-electron chi connectivity index (χ4n) is 3.58. The van der Waals surface area contributed by atoms with Crippen LogP contribution in [0.25, 0.3) is 0 Å². The number of hydrogen-bond acceptors (Lipinski definition) is 4. The van der Waals surface area contributed by atoms with Gasteiger partial charge in [-0.25, -0.2) is 4.79 Å². The van der Waals surface area contributed by atoms with Crippen LogP contribution in [0.4, 0.5) is 0 Å². The van der Waals surface area contributed by atoms with Crippen molar-refractivity contribution >= 4 is 17.7 Å². The van der Waals surface area contributed by atoms with E-state index in [1.54, 1.807) is 20.8 Å². The first-order valence-electron chi connectivity index (χ1n) is 10.7. The van der Waals surface area contributed by atoms with Crippen LogP contribution >= 0.6 is 0 Å². The van der Waals surface area contributed by atoms with Gasteiger partial charge in [0.05, 0.1) is 0 Å². The fraction of sp³-hybridized carbons (Fsp3) is 0.625. The monoisotopic (exact) mass is 401 g/mol. The number of esters is 1. The van der Waals surface area contributed by atoms with E-state index in [0.717, 1.165) is 25.7 Å². The van der Waals surface area contributed by atoms with Crippen molar-refractivity contribution < 1.29 is 19.1 Å². The molecule has 5 nitrogen and oxygen atoms in total. The van der Waals surface area contributed by atoms with Crippen LogP contribution in [0.5, 0.6) is 0 Å². The largest absolute Gasteiger partial charge is 0.461 e. The van der Waals surface area contributed by atoms with Crippen LogP contribution in [-0.4, -0.2) is 41.3 Å². The van der Waals surface area contributed by atoms with E-state index in [1.165, 1.54) is 10.5 Å². The highest BCUT2D eigenvalue weighted by Gasteiger charge is 2.40. The van der Waals surface area contributed by atoms with Gasteiger partial charge in [-0.15, -0.1) is 0 Å². The van der Waals surface area contributed by atoms with E-state index in [1.807, 2.05) is 32.0 Å². The van der Waals surface area contributed by atoms with Crippen LogP contribution in [0.15, 0.2) is 30.3 Å².